The Morgan fingerprint density at radius 3 is 2.67 bits per heavy atom. The number of halogens is 2. The van der Waals surface area contributed by atoms with Crippen molar-refractivity contribution in [1.29, 1.82) is 0 Å². The van der Waals surface area contributed by atoms with Crippen molar-refractivity contribution in [3.05, 3.63) is 131 Å². The van der Waals surface area contributed by atoms with Crippen LogP contribution in [0.5, 0.6) is 0 Å². The van der Waals surface area contributed by atoms with Gasteiger partial charge in [-0.15, -0.1) is 0 Å². The SMILES string of the molecule is CCOC(=O)C1=C(c2ccccc2)N=c2s/c(=C/c3cc(Br)c(Sc4nccc(C)n4)o3)c(=O)n2[C@H]1c1ccc(F)cc1. The highest BCUT2D eigenvalue weighted by Crippen LogP contribution is 2.36. The van der Waals surface area contributed by atoms with Crippen LogP contribution >= 0.6 is 39.0 Å². The summed E-state index contributed by atoms with van der Waals surface area (Å²) in [7, 11) is 0. The number of hydrogen-bond acceptors (Lipinski definition) is 9. The molecule has 1 aliphatic heterocycles. The van der Waals surface area contributed by atoms with Gasteiger partial charge in [0.05, 0.1) is 32.9 Å². The second-order valence-electron chi connectivity index (χ2n) is 9.35. The molecular formula is C31H22BrFN4O4S2. The summed E-state index contributed by atoms with van der Waals surface area (Å²) in [5.74, 6) is -0.614. The molecule has 0 radical (unpaired) electrons. The van der Waals surface area contributed by atoms with E-state index in [0.29, 0.717) is 46.6 Å². The van der Waals surface area contributed by atoms with Gasteiger partial charge in [0.25, 0.3) is 5.56 Å². The molecule has 0 bridgehead atoms. The molecule has 0 N–H and O–H groups in total. The van der Waals surface area contributed by atoms with E-state index in [-0.39, 0.29) is 17.7 Å². The Hall–Kier alpha value is -4.13. The normalized spacial score (nSPS) is 14.9. The molecule has 0 unspecified atom stereocenters. The molecule has 216 valence electrons. The molecule has 6 rings (SSSR count). The predicted molar refractivity (Wildman–Crippen MR) is 165 cm³/mol. The number of rotatable bonds is 7. The van der Waals surface area contributed by atoms with Crippen LogP contribution in [0.15, 0.2) is 107 Å². The Bertz CT molecular complexity index is 2050. The molecule has 2 aromatic carbocycles. The Balaban J connectivity index is 1.52. The number of aromatic nitrogens is 3. The van der Waals surface area contributed by atoms with Gasteiger partial charge in [-0.25, -0.2) is 24.1 Å². The zero-order chi connectivity index (χ0) is 30.1. The molecular weight excluding hydrogens is 655 g/mol. The molecule has 3 aromatic heterocycles. The molecule has 4 heterocycles. The third-order valence-corrected chi connectivity index (χ3v) is 9.17. The van der Waals surface area contributed by atoms with Crippen molar-refractivity contribution in [2.75, 3.05) is 6.61 Å². The third kappa shape index (κ3) is 5.90. The summed E-state index contributed by atoms with van der Waals surface area (Å²) in [6.45, 7) is 3.72. The fraction of sp³-hybridized carbons (Fsp3) is 0.129. The first-order chi connectivity index (χ1) is 20.8. The summed E-state index contributed by atoms with van der Waals surface area (Å²) in [6, 6.07) is 17.6. The average Bonchev–Trinajstić information content (AvgIpc) is 3.50. The molecule has 8 nitrogen and oxygen atoms in total. The van der Waals surface area contributed by atoms with Gasteiger partial charge < -0.3 is 9.15 Å². The van der Waals surface area contributed by atoms with Gasteiger partial charge in [0.2, 0.25) is 0 Å². The van der Waals surface area contributed by atoms with Crippen LogP contribution in [-0.2, 0) is 9.53 Å². The highest BCUT2D eigenvalue weighted by molar-refractivity contribution is 9.10. The number of esters is 1. The van der Waals surface area contributed by atoms with E-state index in [0.717, 1.165) is 5.69 Å². The summed E-state index contributed by atoms with van der Waals surface area (Å²) in [6.07, 6.45) is 3.31. The van der Waals surface area contributed by atoms with Gasteiger partial charge >= 0.3 is 5.97 Å². The van der Waals surface area contributed by atoms with E-state index in [1.807, 2.05) is 43.3 Å². The quantitative estimate of drug-likeness (QED) is 0.162. The molecule has 5 aromatic rings. The number of thiazole rings is 1. The minimum Gasteiger partial charge on any atom is -0.463 e. The van der Waals surface area contributed by atoms with Crippen LogP contribution < -0.4 is 14.9 Å². The Morgan fingerprint density at radius 1 is 1.19 bits per heavy atom. The van der Waals surface area contributed by atoms with E-state index in [4.69, 9.17) is 14.1 Å². The lowest BCUT2D eigenvalue weighted by Gasteiger charge is -2.25. The van der Waals surface area contributed by atoms with Gasteiger partial charge in [0.1, 0.15) is 11.6 Å². The number of fused-ring (bicyclic) bond motifs is 1. The maximum Gasteiger partial charge on any atom is 0.338 e. The van der Waals surface area contributed by atoms with Crippen LogP contribution in [0, 0.1) is 12.7 Å². The monoisotopic (exact) mass is 676 g/mol. The third-order valence-electron chi connectivity index (χ3n) is 6.46. The number of benzene rings is 2. The second-order valence-corrected chi connectivity index (χ2v) is 12.2. The zero-order valence-electron chi connectivity index (χ0n) is 22.8. The minimum atomic E-state index is -0.902. The van der Waals surface area contributed by atoms with Crippen molar-refractivity contribution < 1.29 is 18.3 Å². The molecule has 1 aliphatic rings. The molecule has 0 amide bonds. The zero-order valence-corrected chi connectivity index (χ0v) is 26.0. The fourth-order valence-electron chi connectivity index (χ4n) is 4.60. The number of carbonyl (C=O) groups excluding carboxylic acids is 1. The van der Waals surface area contributed by atoms with Crippen molar-refractivity contribution in [2.45, 2.75) is 30.1 Å². The Morgan fingerprint density at radius 2 is 1.95 bits per heavy atom. The summed E-state index contributed by atoms with van der Waals surface area (Å²) in [5, 5.41) is 1.06. The first-order valence-corrected chi connectivity index (χ1v) is 15.6. The highest BCUT2D eigenvalue weighted by Gasteiger charge is 2.35. The summed E-state index contributed by atoms with van der Waals surface area (Å²) < 4.78 is 27.9. The van der Waals surface area contributed by atoms with E-state index in [1.54, 1.807) is 37.4 Å². The van der Waals surface area contributed by atoms with Crippen LogP contribution in [0.4, 0.5) is 4.39 Å². The Kier molecular flexibility index (Phi) is 8.24. The molecule has 0 spiro atoms. The number of aryl methyl sites for hydroxylation is 1. The van der Waals surface area contributed by atoms with Gasteiger partial charge in [-0.05, 0) is 71.4 Å². The molecule has 1 atom stereocenters. The lowest BCUT2D eigenvalue weighted by atomic mass is 9.93. The van der Waals surface area contributed by atoms with E-state index in [2.05, 4.69) is 25.9 Å². The number of nitrogens with zero attached hydrogens (tertiary/aromatic N) is 4. The smallest absolute Gasteiger partial charge is 0.338 e. The number of hydrogen-bond donors (Lipinski definition) is 0. The summed E-state index contributed by atoms with van der Waals surface area (Å²) in [5.41, 5.74) is 2.25. The number of ether oxygens (including phenoxy) is 1. The first kappa shape index (κ1) is 29.0. The van der Waals surface area contributed by atoms with Crippen LogP contribution in [0.1, 0.15) is 35.5 Å². The van der Waals surface area contributed by atoms with Gasteiger partial charge in [-0.3, -0.25) is 9.36 Å². The topological polar surface area (TPSA) is 99.6 Å². The molecule has 12 heteroatoms. The maximum absolute atomic E-state index is 14.0. The number of carbonyl (C=O) groups is 1. The lowest BCUT2D eigenvalue weighted by molar-refractivity contribution is -0.138. The Labute approximate surface area is 261 Å². The standard InChI is InChI=1S/C31H22BrFN4O4S2/c1-3-40-28(39)24-25(18-7-5-4-6-8-18)36-31-37(26(24)19-9-11-20(33)12-10-19)27(38)23(42-31)16-21-15-22(32)29(41-21)43-30-34-14-13-17(2)35-30/h4-16,26H,3H2,1-2H3/b23-16+/t26-/m0/s1. The van der Waals surface area contributed by atoms with E-state index >= 15 is 0 Å². The highest BCUT2D eigenvalue weighted by atomic mass is 79.9. The van der Waals surface area contributed by atoms with Crippen LogP contribution in [0.3, 0.4) is 0 Å². The molecule has 43 heavy (non-hydrogen) atoms. The van der Waals surface area contributed by atoms with Crippen LogP contribution in [0.25, 0.3) is 11.8 Å². The van der Waals surface area contributed by atoms with E-state index in [9.17, 15) is 14.0 Å². The van der Waals surface area contributed by atoms with Gasteiger partial charge in [0, 0.05) is 23.5 Å². The fourth-order valence-corrected chi connectivity index (χ4v) is 6.89. The first-order valence-electron chi connectivity index (χ1n) is 13.1. The van der Waals surface area contributed by atoms with E-state index in [1.165, 1.54) is 39.8 Å². The van der Waals surface area contributed by atoms with Crippen LogP contribution in [-0.4, -0.2) is 27.1 Å². The minimum absolute atomic E-state index is 0.131. The molecule has 0 saturated carbocycles. The molecule has 0 saturated heterocycles. The summed E-state index contributed by atoms with van der Waals surface area (Å²) in [4.78, 5) is 41.4. The van der Waals surface area contributed by atoms with Crippen LogP contribution in [0.2, 0.25) is 0 Å². The van der Waals surface area contributed by atoms with Crippen molar-refractivity contribution >= 4 is 56.8 Å². The average molecular weight is 678 g/mol. The number of furan rings is 1. The van der Waals surface area contributed by atoms with Gasteiger partial charge in [0.15, 0.2) is 15.1 Å². The van der Waals surface area contributed by atoms with Crippen molar-refractivity contribution in [3.63, 3.8) is 0 Å². The second kappa shape index (κ2) is 12.2. The summed E-state index contributed by atoms with van der Waals surface area (Å²) >= 11 is 5.94. The molecule has 0 fully saturated rings. The van der Waals surface area contributed by atoms with Crippen molar-refractivity contribution in [3.8, 4) is 0 Å². The lowest BCUT2D eigenvalue weighted by Crippen LogP contribution is -2.40. The van der Waals surface area contributed by atoms with Gasteiger partial charge in [-0.1, -0.05) is 53.8 Å². The van der Waals surface area contributed by atoms with Gasteiger partial charge in [-0.2, -0.15) is 0 Å². The van der Waals surface area contributed by atoms with Crippen molar-refractivity contribution in [2.24, 2.45) is 4.99 Å². The van der Waals surface area contributed by atoms with E-state index < -0.39 is 17.8 Å². The van der Waals surface area contributed by atoms with Crippen molar-refractivity contribution in [1.82, 2.24) is 14.5 Å². The largest absolute Gasteiger partial charge is 0.463 e. The maximum atomic E-state index is 14.0. The predicted octanol–water partition coefficient (Wildman–Crippen LogP) is 5.68. The molecule has 0 aliphatic carbocycles.